The molecule has 120 valence electrons. The van der Waals surface area contributed by atoms with Crippen LogP contribution in [0, 0.1) is 5.82 Å². The first-order chi connectivity index (χ1) is 12.2. The van der Waals surface area contributed by atoms with Crippen LogP contribution in [0.15, 0.2) is 79.1 Å². The summed E-state index contributed by atoms with van der Waals surface area (Å²) in [6.45, 7) is 0. The van der Waals surface area contributed by atoms with E-state index < -0.39 is 0 Å². The van der Waals surface area contributed by atoms with E-state index in [2.05, 4.69) is 9.97 Å². The molecule has 0 unspecified atom stereocenters. The van der Waals surface area contributed by atoms with E-state index in [1.807, 2.05) is 36.4 Å². The number of halogens is 1. The Labute approximate surface area is 143 Å². The van der Waals surface area contributed by atoms with E-state index in [0.717, 1.165) is 16.6 Å². The lowest BCUT2D eigenvalue weighted by Crippen LogP contribution is -2.02. The van der Waals surface area contributed by atoms with Crippen LogP contribution in [-0.2, 0) is 0 Å². The largest absolute Gasteiger partial charge is 0.289 e. The number of carbonyl (C=O) groups excluding carboxylic acids is 1. The number of carbonyl (C=O) groups is 1. The van der Waals surface area contributed by atoms with Gasteiger partial charge >= 0.3 is 0 Å². The fourth-order valence-corrected chi connectivity index (χ4v) is 2.79. The molecule has 0 bridgehead atoms. The number of rotatable bonds is 3. The van der Waals surface area contributed by atoms with E-state index in [1.54, 1.807) is 12.1 Å². The summed E-state index contributed by atoms with van der Waals surface area (Å²) in [6, 6.07) is 20.7. The highest BCUT2D eigenvalue weighted by atomic mass is 19.1. The molecule has 4 aromatic rings. The van der Waals surface area contributed by atoms with Gasteiger partial charge in [-0.1, -0.05) is 36.4 Å². The van der Waals surface area contributed by atoms with Gasteiger partial charge in [-0.25, -0.2) is 14.4 Å². The monoisotopic (exact) mass is 328 g/mol. The third-order valence-corrected chi connectivity index (χ3v) is 4.05. The molecule has 1 heterocycles. The molecular weight excluding hydrogens is 315 g/mol. The van der Waals surface area contributed by atoms with E-state index in [9.17, 15) is 9.18 Å². The fraction of sp³-hybridized carbons (Fsp3) is 0. The van der Waals surface area contributed by atoms with Gasteiger partial charge in [0.1, 0.15) is 12.1 Å². The van der Waals surface area contributed by atoms with Gasteiger partial charge in [0.25, 0.3) is 0 Å². The Morgan fingerprint density at radius 3 is 2.28 bits per heavy atom. The summed E-state index contributed by atoms with van der Waals surface area (Å²) in [5.74, 6) is -0.530. The lowest BCUT2D eigenvalue weighted by molar-refractivity contribution is 0.103. The molecule has 0 radical (unpaired) electrons. The Bertz CT molecular complexity index is 1060. The summed E-state index contributed by atoms with van der Waals surface area (Å²) in [5, 5.41) is 0.879. The van der Waals surface area contributed by atoms with E-state index >= 15 is 0 Å². The maximum absolute atomic E-state index is 13.0. The quantitative estimate of drug-likeness (QED) is 0.513. The number of nitrogens with zero attached hydrogens (tertiary/aromatic N) is 2. The summed E-state index contributed by atoms with van der Waals surface area (Å²) in [5.41, 5.74) is 3.47. The van der Waals surface area contributed by atoms with Gasteiger partial charge in [-0.05, 0) is 36.4 Å². The van der Waals surface area contributed by atoms with E-state index in [-0.39, 0.29) is 11.6 Å². The number of hydrogen-bond donors (Lipinski definition) is 0. The third-order valence-electron chi connectivity index (χ3n) is 4.05. The third kappa shape index (κ3) is 2.90. The van der Waals surface area contributed by atoms with Crippen LogP contribution in [0.4, 0.5) is 4.39 Å². The highest BCUT2D eigenvalue weighted by Crippen LogP contribution is 2.26. The standard InChI is InChI=1S/C21H13FN2O/c22-17-9-6-15(7-10-17)21(25)16-8-11-18-19(12-16)23-13-24-20(18)14-4-2-1-3-5-14/h1-13H. The van der Waals surface area contributed by atoms with Crippen molar-refractivity contribution >= 4 is 16.7 Å². The van der Waals surface area contributed by atoms with Crippen molar-refractivity contribution in [3.8, 4) is 11.3 Å². The molecule has 0 aliphatic heterocycles. The van der Waals surface area contributed by atoms with Crippen molar-refractivity contribution in [2.45, 2.75) is 0 Å². The van der Waals surface area contributed by atoms with Crippen LogP contribution in [0.5, 0.6) is 0 Å². The number of hydrogen-bond acceptors (Lipinski definition) is 3. The van der Waals surface area contributed by atoms with Crippen molar-refractivity contribution in [1.82, 2.24) is 9.97 Å². The second kappa shape index (κ2) is 6.24. The van der Waals surface area contributed by atoms with Crippen LogP contribution < -0.4 is 0 Å². The van der Waals surface area contributed by atoms with Crippen molar-refractivity contribution in [1.29, 1.82) is 0 Å². The highest BCUT2D eigenvalue weighted by Gasteiger charge is 2.12. The molecule has 0 atom stereocenters. The second-order valence-corrected chi connectivity index (χ2v) is 5.66. The topological polar surface area (TPSA) is 42.9 Å². The van der Waals surface area contributed by atoms with Crippen LogP contribution in [0.3, 0.4) is 0 Å². The lowest BCUT2D eigenvalue weighted by atomic mass is 10.00. The minimum absolute atomic E-state index is 0.165. The van der Waals surface area contributed by atoms with E-state index in [1.165, 1.54) is 30.6 Å². The zero-order valence-corrected chi connectivity index (χ0v) is 13.2. The summed E-state index contributed by atoms with van der Waals surface area (Å²) < 4.78 is 13.0. The first kappa shape index (κ1) is 15.1. The predicted molar refractivity (Wildman–Crippen MR) is 94.8 cm³/mol. The molecule has 1 aromatic heterocycles. The number of aromatic nitrogens is 2. The maximum Gasteiger partial charge on any atom is 0.193 e. The van der Waals surface area contributed by atoms with Gasteiger partial charge in [0.15, 0.2) is 5.78 Å². The summed E-state index contributed by atoms with van der Waals surface area (Å²) in [7, 11) is 0. The van der Waals surface area contributed by atoms with Crippen molar-refractivity contribution in [3.63, 3.8) is 0 Å². The first-order valence-electron chi connectivity index (χ1n) is 7.83. The minimum atomic E-state index is -0.365. The van der Waals surface area contributed by atoms with Crippen LogP contribution in [0.25, 0.3) is 22.2 Å². The second-order valence-electron chi connectivity index (χ2n) is 5.66. The van der Waals surface area contributed by atoms with Gasteiger partial charge in [-0.3, -0.25) is 4.79 Å². The minimum Gasteiger partial charge on any atom is -0.289 e. The zero-order valence-electron chi connectivity index (χ0n) is 13.2. The average Bonchev–Trinajstić information content (AvgIpc) is 2.68. The Morgan fingerprint density at radius 1 is 0.800 bits per heavy atom. The summed E-state index contributed by atoms with van der Waals surface area (Å²) >= 11 is 0. The van der Waals surface area contributed by atoms with Gasteiger partial charge < -0.3 is 0 Å². The van der Waals surface area contributed by atoms with Crippen LogP contribution >= 0.6 is 0 Å². The molecule has 4 rings (SSSR count). The van der Waals surface area contributed by atoms with Crippen molar-refractivity contribution < 1.29 is 9.18 Å². The van der Waals surface area contributed by atoms with Crippen molar-refractivity contribution in [3.05, 3.63) is 96.1 Å². The van der Waals surface area contributed by atoms with Crippen molar-refractivity contribution in [2.75, 3.05) is 0 Å². The molecule has 0 saturated carbocycles. The number of benzene rings is 3. The van der Waals surface area contributed by atoms with E-state index in [0.29, 0.717) is 16.6 Å². The molecule has 0 fully saturated rings. The van der Waals surface area contributed by atoms with Crippen LogP contribution in [0.1, 0.15) is 15.9 Å². The van der Waals surface area contributed by atoms with Crippen molar-refractivity contribution in [2.24, 2.45) is 0 Å². The average molecular weight is 328 g/mol. The van der Waals surface area contributed by atoms with Gasteiger partial charge in [0, 0.05) is 22.1 Å². The zero-order chi connectivity index (χ0) is 17.2. The van der Waals surface area contributed by atoms with E-state index in [4.69, 9.17) is 0 Å². The first-order valence-corrected chi connectivity index (χ1v) is 7.83. The van der Waals surface area contributed by atoms with Crippen LogP contribution in [0.2, 0.25) is 0 Å². The molecule has 0 N–H and O–H groups in total. The number of ketones is 1. The Hall–Kier alpha value is -3.40. The molecular formula is C21H13FN2O. The molecule has 0 spiro atoms. The Morgan fingerprint density at radius 2 is 1.52 bits per heavy atom. The fourth-order valence-electron chi connectivity index (χ4n) is 2.79. The lowest BCUT2D eigenvalue weighted by Gasteiger charge is -2.07. The molecule has 4 heteroatoms. The highest BCUT2D eigenvalue weighted by molar-refractivity contribution is 6.10. The molecule has 0 aliphatic carbocycles. The normalized spacial score (nSPS) is 10.8. The van der Waals surface area contributed by atoms with Gasteiger partial charge in [0.05, 0.1) is 11.2 Å². The molecule has 0 saturated heterocycles. The molecule has 25 heavy (non-hydrogen) atoms. The molecule has 3 aromatic carbocycles. The Kier molecular flexibility index (Phi) is 3.78. The summed E-state index contributed by atoms with van der Waals surface area (Å²) in [4.78, 5) is 21.3. The van der Waals surface area contributed by atoms with Gasteiger partial charge in [-0.2, -0.15) is 0 Å². The van der Waals surface area contributed by atoms with Gasteiger partial charge in [-0.15, -0.1) is 0 Å². The number of fused-ring (bicyclic) bond motifs is 1. The van der Waals surface area contributed by atoms with Crippen LogP contribution in [-0.4, -0.2) is 15.8 Å². The molecule has 0 aliphatic rings. The SMILES string of the molecule is O=C(c1ccc(F)cc1)c1ccc2c(-c3ccccc3)ncnc2c1. The summed E-state index contributed by atoms with van der Waals surface area (Å²) in [6.07, 6.45) is 1.50. The Balaban J connectivity index is 1.79. The van der Waals surface area contributed by atoms with Gasteiger partial charge in [0.2, 0.25) is 0 Å². The maximum atomic E-state index is 13.0. The predicted octanol–water partition coefficient (Wildman–Crippen LogP) is 4.67. The molecule has 0 amide bonds. The molecule has 3 nitrogen and oxygen atoms in total. The smallest absolute Gasteiger partial charge is 0.193 e.